The van der Waals surface area contributed by atoms with Crippen LogP contribution in [0.1, 0.15) is 18.4 Å². The van der Waals surface area contributed by atoms with Gasteiger partial charge in [-0.25, -0.2) is 0 Å². The second-order valence-corrected chi connectivity index (χ2v) is 5.80. The van der Waals surface area contributed by atoms with Crippen molar-refractivity contribution in [2.75, 3.05) is 13.6 Å². The second-order valence-electron chi connectivity index (χ2n) is 4.48. The molecule has 1 saturated heterocycles. The van der Waals surface area contributed by atoms with E-state index in [-0.39, 0.29) is 11.9 Å². The Morgan fingerprint density at radius 2 is 2.39 bits per heavy atom. The van der Waals surface area contributed by atoms with Crippen LogP contribution in [0, 0.1) is 0 Å². The zero-order chi connectivity index (χ0) is 13.1. The van der Waals surface area contributed by atoms with Crippen LogP contribution in [0.3, 0.4) is 0 Å². The predicted molar refractivity (Wildman–Crippen MR) is 76.7 cm³/mol. The van der Waals surface area contributed by atoms with Gasteiger partial charge in [0.05, 0.1) is 6.04 Å². The zero-order valence-electron chi connectivity index (χ0n) is 10.2. The van der Waals surface area contributed by atoms with Gasteiger partial charge < -0.3 is 5.32 Å². The summed E-state index contributed by atoms with van der Waals surface area (Å²) >= 11 is 9.61. The Hall–Kier alpha value is -0.580. The molecule has 1 heterocycles. The van der Waals surface area contributed by atoms with Crippen molar-refractivity contribution in [3.05, 3.63) is 33.3 Å². The summed E-state index contributed by atoms with van der Waals surface area (Å²) < 4.78 is 0.973. The Labute approximate surface area is 121 Å². The molecular weight excluding hydrogens is 316 g/mol. The SMILES string of the molecule is CNC(=O)C1CCCN1Cc1ccc(Br)cc1Cl. The lowest BCUT2D eigenvalue weighted by Gasteiger charge is -2.23. The van der Waals surface area contributed by atoms with E-state index in [9.17, 15) is 4.79 Å². The van der Waals surface area contributed by atoms with Crippen molar-refractivity contribution in [3.63, 3.8) is 0 Å². The molecule has 1 aromatic carbocycles. The van der Waals surface area contributed by atoms with Crippen LogP contribution >= 0.6 is 27.5 Å². The third-order valence-corrected chi connectivity index (χ3v) is 4.15. The van der Waals surface area contributed by atoms with Crippen molar-refractivity contribution in [3.8, 4) is 0 Å². The molecular formula is C13H16BrClN2O. The van der Waals surface area contributed by atoms with Gasteiger partial charge in [-0.15, -0.1) is 0 Å². The number of likely N-dealkylation sites (tertiary alicyclic amines) is 1. The van der Waals surface area contributed by atoms with Crippen LogP contribution in [-0.4, -0.2) is 30.4 Å². The fourth-order valence-corrected chi connectivity index (χ4v) is 3.08. The maximum absolute atomic E-state index is 11.8. The summed E-state index contributed by atoms with van der Waals surface area (Å²) in [6.07, 6.45) is 1.99. The van der Waals surface area contributed by atoms with E-state index >= 15 is 0 Å². The van der Waals surface area contributed by atoms with Crippen LogP contribution < -0.4 is 5.32 Å². The van der Waals surface area contributed by atoms with Gasteiger partial charge in [0.2, 0.25) is 5.91 Å². The first-order valence-corrected chi connectivity index (χ1v) is 7.18. The second kappa shape index (κ2) is 6.04. The summed E-state index contributed by atoms with van der Waals surface area (Å²) in [5, 5.41) is 3.47. The van der Waals surface area contributed by atoms with Crippen molar-refractivity contribution >= 4 is 33.4 Å². The standard InChI is InChI=1S/C13H16BrClN2O/c1-16-13(18)12-3-2-6-17(12)8-9-4-5-10(14)7-11(9)15/h4-5,7,12H,2-3,6,8H2,1H3,(H,16,18). The Morgan fingerprint density at radius 1 is 1.61 bits per heavy atom. The van der Waals surface area contributed by atoms with Crippen LogP contribution in [0.15, 0.2) is 22.7 Å². The summed E-state index contributed by atoms with van der Waals surface area (Å²) in [5.41, 5.74) is 1.07. The lowest BCUT2D eigenvalue weighted by Crippen LogP contribution is -2.41. The van der Waals surface area contributed by atoms with E-state index in [4.69, 9.17) is 11.6 Å². The first kappa shape index (κ1) is 13.8. The molecule has 1 fully saturated rings. The van der Waals surface area contributed by atoms with Gasteiger partial charge in [0.15, 0.2) is 0 Å². The maximum Gasteiger partial charge on any atom is 0.237 e. The largest absolute Gasteiger partial charge is 0.358 e. The van der Waals surface area contributed by atoms with Crippen molar-refractivity contribution in [2.24, 2.45) is 0 Å². The van der Waals surface area contributed by atoms with E-state index in [0.29, 0.717) is 0 Å². The molecule has 98 valence electrons. The highest BCUT2D eigenvalue weighted by Crippen LogP contribution is 2.26. The molecule has 5 heteroatoms. The average Bonchev–Trinajstić information content (AvgIpc) is 2.80. The van der Waals surface area contributed by atoms with Crippen molar-refractivity contribution < 1.29 is 4.79 Å². The number of halogens is 2. The summed E-state index contributed by atoms with van der Waals surface area (Å²) in [5.74, 6) is 0.0979. The molecule has 18 heavy (non-hydrogen) atoms. The lowest BCUT2D eigenvalue weighted by atomic mass is 10.1. The molecule has 1 N–H and O–H groups in total. The third kappa shape index (κ3) is 3.05. The molecule has 0 spiro atoms. The smallest absolute Gasteiger partial charge is 0.237 e. The first-order chi connectivity index (χ1) is 8.61. The Bertz CT molecular complexity index is 453. The molecule has 0 aromatic heterocycles. The molecule has 0 bridgehead atoms. The molecule has 1 amide bonds. The molecule has 1 atom stereocenters. The lowest BCUT2D eigenvalue weighted by molar-refractivity contribution is -0.125. The molecule has 0 saturated carbocycles. The van der Waals surface area contributed by atoms with E-state index in [2.05, 4.69) is 26.1 Å². The minimum Gasteiger partial charge on any atom is -0.358 e. The van der Waals surface area contributed by atoms with E-state index in [0.717, 1.165) is 41.0 Å². The highest BCUT2D eigenvalue weighted by atomic mass is 79.9. The molecule has 1 unspecified atom stereocenters. The van der Waals surface area contributed by atoms with Crippen LogP contribution in [0.4, 0.5) is 0 Å². The number of carbonyl (C=O) groups is 1. The van der Waals surface area contributed by atoms with Gasteiger partial charge in [0.1, 0.15) is 0 Å². The Balaban J connectivity index is 2.10. The number of carbonyl (C=O) groups excluding carboxylic acids is 1. The summed E-state index contributed by atoms with van der Waals surface area (Å²) in [6, 6.07) is 5.86. The van der Waals surface area contributed by atoms with E-state index < -0.39 is 0 Å². The number of likely N-dealkylation sites (N-methyl/N-ethyl adjacent to an activating group) is 1. The minimum atomic E-state index is -0.0188. The number of hydrogen-bond acceptors (Lipinski definition) is 2. The maximum atomic E-state index is 11.8. The van der Waals surface area contributed by atoms with E-state index in [1.165, 1.54) is 0 Å². The fraction of sp³-hybridized carbons (Fsp3) is 0.462. The number of hydrogen-bond donors (Lipinski definition) is 1. The van der Waals surface area contributed by atoms with Crippen LogP contribution in [-0.2, 0) is 11.3 Å². The molecule has 3 nitrogen and oxygen atoms in total. The molecule has 0 radical (unpaired) electrons. The number of rotatable bonds is 3. The van der Waals surface area contributed by atoms with Gasteiger partial charge in [-0.3, -0.25) is 9.69 Å². The highest BCUT2D eigenvalue weighted by molar-refractivity contribution is 9.10. The highest BCUT2D eigenvalue weighted by Gasteiger charge is 2.30. The molecule has 1 aromatic rings. The summed E-state index contributed by atoms with van der Waals surface area (Å²) in [7, 11) is 1.69. The molecule has 1 aliphatic rings. The molecule has 2 rings (SSSR count). The topological polar surface area (TPSA) is 32.3 Å². The zero-order valence-corrected chi connectivity index (χ0v) is 12.6. The van der Waals surface area contributed by atoms with Gasteiger partial charge in [-0.2, -0.15) is 0 Å². The summed E-state index contributed by atoms with van der Waals surface area (Å²) in [4.78, 5) is 13.9. The Morgan fingerprint density at radius 3 is 3.06 bits per heavy atom. The van der Waals surface area contributed by atoms with E-state index in [1.807, 2.05) is 18.2 Å². The minimum absolute atomic E-state index is 0.0188. The van der Waals surface area contributed by atoms with Gasteiger partial charge in [-0.1, -0.05) is 33.6 Å². The van der Waals surface area contributed by atoms with Crippen LogP contribution in [0.2, 0.25) is 5.02 Å². The first-order valence-electron chi connectivity index (χ1n) is 6.01. The van der Waals surface area contributed by atoms with Gasteiger partial charge in [-0.05, 0) is 37.1 Å². The normalized spacial score (nSPS) is 20.1. The monoisotopic (exact) mass is 330 g/mol. The third-order valence-electron chi connectivity index (χ3n) is 3.30. The quantitative estimate of drug-likeness (QED) is 0.924. The predicted octanol–water partition coefficient (Wildman–Crippen LogP) is 2.81. The van der Waals surface area contributed by atoms with E-state index in [1.54, 1.807) is 7.05 Å². The molecule has 1 aliphatic heterocycles. The Kier molecular flexibility index (Phi) is 4.65. The number of amides is 1. The average molecular weight is 332 g/mol. The van der Waals surface area contributed by atoms with Crippen molar-refractivity contribution in [2.45, 2.75) is 25.4 Å². The van der Waals surface area contributed by atoms with Crippen molar-refractivity contribution in [1.82, 2.24) is 10.2 Å². The van der Waals surface area contributed by atoms with Gasteiger partial charge in [0, 0.05) is 23.1 Å². The molecule has 0 aliphatic carbocycles. The number of nitrogens with one attached hydrogen (secondary N) is 1. The van der Waals surface area contributed by atoms with Crippen LogP contribution in [0.5, 0.6) is 0 Å². The number of benzene rings is 1. The summed E-state index contributed by atoms with van der Waals surface area (Å²) in [6.45, 7) is 1.68. The number of nitrogens with zero attached hydrogens (tertiary/aromatic N) is 1. The van der Waals surface area contributed by atoms with Gasteiger partial charge >= 0.3 is 0 Å². The fourth-order valence-electron chi connectivity index (χ4n) is 2.35. The van der Waals surface area contributed by atoms with Crippen LogP contribution in [0.25, 0.3) is 0 Å². The van der Waals surface area contributed by atoms with Gasteiger partial charge in [0.25, 0.3) is 0 Å². The van der Waals surface area contributed by atoms with Crippen molar-refractivity contribution in [1.29, 1.82) is 0 Å².